The summed E-state index contributed by atoms with van der Waals surface area (Å²) < 4.78 is 39.7. The van der Waals surface area contributed by atoms with Gasteiger partial charge < -0.3 is 16.4 Å². The summed E-state index contributed by atoms with van der Waals surface area (Å²) in [6, 6.07) is 14.7. The molecule has 0 spiro atoms. The van der Waals surface area contributed by atoms with Crippen LogP contribution in [0.5, 0.6) is 0 Å². The highest BCUT2D eigenvalue weighted by atomic mass is 19.4. The third kappa shape index (κ3) is 4.04. The molecule has 1 heterocycles. The van der Waals surface area contributed by atoms with E-state index in [1.54, 1.807) is 23.1 Å². The Balaban J connectivity index is 1.68. The number of carbonyl (C=O) groups is 1. The number of fused-ring (bicyclic) bond motifs is 1. The van der Waals surface area contributed by atoms with E-state index in [4.69, 9.17) is 11.5 Å². The monoisotopic (exact) mass is 413 g/mol. The zero-order valence-corrected chi connectivity index (χ0v) is 16.2. The first-order chi connectivity index (χ1) is 14.2. The molecule has 0 aromatic heterocycles. The lowest BCUT2D eigenvalue weighted by Gasteiger charge is -2.16. The van der Waals surface area contributed by atoms with E-state index < -0.39 is 11.7 Å². The predicted octanol–water partition coefficient (Wildman–Crippen LogP) is 4.16. The maximum Gasteiger partial charge on any atom is 0.416 e. The summed E-state index contributed by atoms with van der Waals surface area (Å²) in [7, 11) is 0. The number of hydrogen-bond acceptors (Lipinski definition) is 3. The van der Waals surface area contributed by atoms with Crippen molar-refractivity contribution in [2.45, 2.75) is 25.2 Å². The smallest absolute Gasteiger partial charge is 0.337 e. The number of rotatable bonds is 3. The maximum atomic E-state index is 13.2. The van der Waals surface area contributed by atoms with Gasteiger partial charge in [-0.1, -0.05) is 18.2 Å². The molecule has 1 aliphatic heterocycles. The van der Waals surface area contributed by atoms with Gasteiger partial charge in [0, 0.05) is 31.2 Å². The lowest BCUT2D eigenvalue weighted by atomic mass is 9.96. The van der Waals surface area contributed by atoms with Crippen molar-refractivity contribution in [2.24, 2.45) is 11.5 Å². The first-order valence-corrected chi connectivity index (χ1v) is 9.75. The first-order valence-electron chi connectivity index (χ1n) is 9.75. The molecule has 4 rings (SSSR count). The van der Waals surface area contributed by atoms with E-state index >= 15 is 0 Å². The molecule has 156 valence electrons. The van der Waals surface area contributed by atoms with Crippen molar-refractivity contribution in [2.75, 3.05) is 13.1 Å². The molecule has 1 amide bonds. The highest BCUT2D eigenvalue weighted by Gasteiger charge is 2.31. The Morgan fingerprint density at radius 1 is 1.00 bits per heavy atom. The van der Waals surface area contributed by atoms with Crippen LogP contribution in [-0.2, 0) is 12.7 Å². The summed E-state index contributed by atoms with van der Waals surface area (Å²) in [5, 5.41) is 1.69. The van der Waals surface area contributed by atoms with Gasteiger partial charge in [-0.3, -0.25) is 4.79 Å². The molecule has 4 nitrogen and oxygen atoms in total. The third-order valence-corrected chi connectivity index (χ3v) is 5.49. The molecular formula is C23H22F3N3O. The summed E-state index contributed by atoms with van der Waals surface area (Å²) >= 11 is 0. The van der Waals surface area contributed by atoms with Crippen LogP contribution in [0.4, 0.5) is 13.2 Å². The normalized spacial score (nSPS) is 17.0. The van der Waals surface area contributed by atoms with E-state index in [9.17, 15) is 18.0 Å². The Bertz CT molecular complexity index is 1110. The third-order valence-electron chi connectivity index (χ3n) is 5.49. The average Bonchev–Trinajstić information content (AvgIpc) is 3.17. The fraction of sp³-hybridized carbons (Fsp3) is 0.261. The minimum absolute atomic E-state index is 0.0165. The SMILES string of the molecule is NCc1cc(-c2ccc3cc(C(=O)N4CC[C@@H](N)C4)ccc3c2)cc(C(F)(F)F)c1. The number of halogens is 3. The van der Waals surface area contributed by atoms with Crippen molar-refractivity contribution < 1.29 is 18.0 Å². The van der Waals surface area contributed by atoms with Gasteiger partial charge in [0.1, 0.15) is 0 Å². The molecule has 0 bridgehead atoms. The fourth-order valence-corrected chi connectivity index (χ4v) is 3.85. The topological polar surface area (TPSA) is 72.4 Å². The van der Waals surface area contributed by atoms with Crippen LogP contribution >= 0.6 is 0 Å². The molecule has 1 saturated heterocycles. The summed E-state index contributed by atoms with van der Waals surface area (Å²) in [6.45, 7) is 1.22. The van der Waals surface area contributed by atoms with Crippen molar-refractivity contribution in [1.29, 1.82) is 0 Å². The fourth-order valence-electron chi connectivity index (χ4n) is 3.85. The van der Waals surface area contributed by atoms with Crippen molar-refractivity contribution in [3.8, 4) is 11.1 Å². The van der Waals surface area contributed by atoms with Crippen LogP contribution in [0.2, 0.25) is 0 Å². The Kier molecular flexibility index (Phi) is 5.26. The molecule has 0 aliphatic carbocycles. The van der Waals surface area contributed by atoms with Gasteiger partial charge in [0.15, 0.2) is 0 Å². The van der Waals surface area contributed by atoms with Crippen LogP contribution in [0.1, 0.15) is 27.9 Å². The highest BCUT2D eigenvalue weighted by molar-refractivity contribution is 5.99. The minimum Gasteiger partial charge on any atom is -0.337 e. The van der Waals surface area contributed by atoms with Gasteiger partial charge in [0.05, 0.1) is 5.56 Å². The number of nitrogens with zero attached hydrogens (tertiary/aromatic N) is 1. The van der Waals surface area contributed by atoms with Gasteiger partial charge >= 0.3 is 6.18 Å². The quantitative estimate of drug-likeness (QED) is 0.677. The number of nitrogens with two attached hydrogens (primary N) is 2. The molecule has 1 atom stereocenters. The van der Waals surface area contributed by atoms with E-state index in [-0.39, 0.29) is 18.5 Å². The van der Waals surface area contributed by atoms with Gasteiger partial charge in [-0.25, -0.2) is 0 Å². The Morgan fingerprint density at radius 2 is 1.73 bits per heavy atom. The van der Waals surface area contributed by atoms with Gasteiger partial charge in [-0.05, 0) is 70.3 Å². The van der Waals surface area contributed by atoms with Gasteiger partial charge in [0.25, 0.3) is 5.91 Å². The van der Waals surface area contributed by atoms with E-state index in [2.05, 4.69) is 0 Å². The van der Waals surface area contributed by atoms with Crippen LogP contribution in [0, 0.1) is 0 Å². The molecule has 1 fully saturated rings. The highest BCUT2D eigenvalue weighted by Crippen LogP contribution is 2.34. The number of hydrogen-bond donors (Lipinski definition) is 2. The lowest BCUT2D eigenvalue weighted by Crippen LogP contribution is -2.31. The molecule has 3 aromatic carbocycles. The average molecular weight is 413 g/mol. The summed E-state index contributed by atoms with van der Waals surface area (Å²) in [6.07, 6.45) is -3.64. The maximum absolute atomic E-state index is 13.2. The second kappa shape index (κ2) is 7.74. The predicted molar refractivity (Wildman–Crippen MR) is 111 cm³/mol. The number of alkyl halides is 3. The van der Waals surface area contributed by atoms with Crippen LogP contribution < -0.4 is 11.5 Å². The second-order valence-corrected chi connectivity index (χ2v) is 7.70. The van der Waals surface area contributed by atoms with Crippen molar-refractivity contribution in [3.63, 3.8) is 0 Å². The number of carbonyl (C=O) groups excluding carboxylic acids is 1. The minimum atomic E-state index is -4.44. The zero-order chi connectivity index (χ0) is 21.5. The van der Waals surface area contributed by atoms with E-state index in [1.807, 2.05) is 24.3 Å². The molecule has 3 aromatic rings. The molecule has 4 N–H and O–H groups in total. The van der Waals surface area contributed by atoms with Crippen LogP contribution in [0.3, 0.4) is 0 Å². The van der Waals surface area contributed by atoms with Crippen LogP contribution in [0.25, 0.3) is 21.9 Å². The standard InChI is InChI=1S/C23H22F3N3O/c24-23(25,26)20-8-14(12-27)7-19(11-20)17-2-1-16-10-18(4-3-15(16)9-17)22(30)29-6-5-21(28)13-29/h1-4,7-11,21H,5-6,12-13,27-28H2/t21-/m1/s1. The lowest BCUT2D eigenvalue weighted by molar-refractivity contribution is -0.137. The summed E-state index contributed by atoms with van der Waals surface area (Å²) in [5.74, 6) is -0.0561. The van der Waals surface area contributed by atoms with Crippen LogP contribution in [-0.4, -0.2) is 29.9 Å². The molecule has 0 radical (unpaired) electrons. The van der Waals surface area contributed by atoms with Gasteiger partial charge in [-0.15, -0.1) is 0 Å². The molecular weight excluding hydrogens is 391 g/mol. The van der Waals surface area contributed by atoms with Crippen molar-refractivity contribution in [3.05, 3.63) is 71.3 Å². The molecule has 7 heteroatoms. The molecule has 0 unspecified atom stereocenters. The summed E-state index contributed by atoms with van der Waals surface area (Å²) in [4.78, 5) is 14.4. The van der Waals surface area contributed by atoms with E-state index in [0.29, 0.717) is 35.3 Å². The second-order valence-electron chi connectivity index (χ2n) is 7.70. The van der Waals surface area contributed by atoms with E-state index in [1.165, 1.54) is 0 Å². The van der Waals surface area contributed by atoms with Crippen molar-refractivity contribution >= 4 is 16.7 Å². The van der Waals surface area contributed by atoms with Gasteiger partial charge in [0.2, 0.25) is 0 Å². The van der Waals surface area contributed by atoms with Crippen molar-refractivity contribution in [1.82, 2.24) is 4.90 Å². The number of likely N-dealkylation sites (tertiary alicyclic amines) is 1. The first kappa shape index (κ1) is 20.4. The largest absolute Gasteiger partial charge is 0.416 e. The molecule has 1 aliphatic rings. The Labute approximate surface area is 172 Å². The molecule has 30 heavy (non-hydrogen) atoms. The molecule has 0 saturated carbocycles. The Hall–Kier alpha value is -2.90. The van der Waals surface area contributed by atoms with Gasteiger partial charge in [-0.2, -0.15) is 13.2 Å². The summed E-state index contributed by atoms with van der Waals surface area (Å²) in [5.41, 5.74) is 12.9. The number of benzene rings is 3. The Morgan fingerprint density at radius 3 is 2.40 bits per heavy atom. The van der Waals surface area contributed by atoms with E-state index in [0.717, 1.165) is 29.3 Å². The zero-order valence-electron chi connectivity index (χ0n) is 16.2. The van der Waals surface area contributed by atoms with Crippen LogP contribution in [0.15, 0.2) is 54.6 Å². The number of amides is 1.